The number of alkyl halides is 1. The van der Waals surface area contributed by atoms with Crippen molar-refractivity contribution in [3.63, 3.8) is 0 Å². The van der Waals surface area contributed by atoms with Crippen LogP contribution < -0.4 is 4.72 Å². The van der Waals surface area contributed by atoms with E-state index in [0.717, 1.165) is 29.5 Å². The predicted molar refractivity (Wildman–Crippen MR) is 71.9 cm³/mol. The van der Waals surface area contributed by atoms with Gasteiger partial charge >= 0.3 is 0 Å². The standard InChI is InChI=1S/C10H16BrNO2S2/c1-9-5-6-10(15-9)16(13,14)12-8-4-2-3-7-11/h5-6,12H,2-4,7-8H2,1H3. The molecule has 3 nitrogen and oxygen atoms in total. The first-order valence-corrected chi connectivity index (χ1v) is 8.60. The van der Waals surface area contributed by atoms with Crippen molar-refractivity contribution in [2.75, 3.05) is 11.9 Å². The first-order chi connectivity index (χ1) is 7.56. The lowest BCUT2D eigenvalue weighted by atomic mass is 10.3. The molecule has 0 bridgehead atoms. The van der Waals surface area contributed by atoms with Crippen LogP contribution in [0.1, 0.15) is 24.1 Å². The average molecular weight is 326 g/mol. The van der Waals surface area contributed by atoms with Crippen LogP contribution in [0.5, 0.6) is 0 Å². The molecule has 1 aromatic rings. The van der Waals surface area contributed by atoms with E-state index in [1.54, 1.807) is 6.07 Å². The van der Waals surface area contributed by atoms with Crippen molar-refractivity contribution in [3.05, 3.63) is 17.0 Å². The third-order valence-corrected chi connectivity index (χ3v) is 5.60. The van der Waals surface area contributed by atoms with E-state index in [0.29, 0.717) is 10.8 Å². The Morgan fingerprint density at radius 3 is 2.62 bits per heavy atom. The van der Waals surface area contributed by atoms with Crippen LogP contribution in [-0.4, -0.2) is 20.3 Å². The van der Waals surface area contributed by atoms with Gasteiger partial charge in [0.15, 0.2) is 0 Å². The van der Waals surface area contributed by atoms with Gasteiger partial charge in [-0.25, -0.2) is 13.1 Å². The summed E-state index contributed by atoms with van der Waals surface area (Å²) < 4.78 is 26.6. The molecule has 0 aliphatic rings. The van der Waals surface area contributed by atoms with Crippen LogP contribution in [0.15, 0.2) is 16.3 Å². The fourth-order valence-electron chi connectivity index (χ4n) is 1.23. The second kappa shape index (κ2) is 6.74. The molecule has 0 radical (unpaired) electrons. The van der Waals surface area contributed by atoms with Crippen molar-refractivity contribution in [1.82, 2.24) is 4.72 Å². The number of unbranched alkanes of at least 4 members (excludes halogenated alkanes) is 2. The van der Waals surface area contributed by atoms with Gasteiger partial charge in [-0.2, -0.15) is 0 Å². The molecule has 1 rings (SSSR count). The molecule has 0 saturated carbocycles. The second-order valence-electron chi connectivity index (χ2n) is 3.51. The van der Waals surface area contributed by atoms with E-state index in [1.165, 1.54) is 11.3 Å². The van der Waals surface area contributed by atoms with Crippen molar-refractivity contribution in [2.24, 2.45) is 0 Å². The van der Waals surface area contributed by atoms with Crippen molar-refractivity contribution in [3.8, 4) is 0 Å². The molecule has 0 unspecified atom stereocenters. The molecule has 0 atom stereocenters. The van der Waals surface area contributed by atoms with Crippen LogP contribution in [0, 0.1) is 6.92 Å². The number of thiophene rings is 1. The first kappa shape index (κ1) is 14.2. The van der Waals surface area contributed by atoms with E-state index in [2.05, 4.69) is 20.7 Å². The zero-order valence-electron chi connectivity index (χ0n) is 9.20. The smallest absolute Gasteiger partial charge is 0.210 e. The van der Waals surface area contributed by atoms with E-state index in [9.17, 15) is 8.42 Å². The number of nitrogens with one attached hydrogen (secondary N) is 1. The van der Waals surface area contributed by atoms with Crippen LogP contribution in [0.3, 0.4) is 0 Å². The van der Waals surface area contributed by atoms with E-state index in [4.69, 9.17) is 0 Å². The Hall–Kier alpha value is 0.0900. The van der Waals surface area contributed by atoms with Crippen LogP contribution in [0.25, 0.3) is 0 Å². The van der Waals surface area contributed by atoms with Gasteiger partial charge in [-0.15, -0.1) is 11.3 Å². The summed E-state index contributed by atoms with van der Waals surface area (Å²) in [5.74, 6) is 0. The van der Waals surface area contributed by atoms with Crippen LogP contribution in [0.2, 0.25) is 0 Å². The molecule has 1 aromatic heterocycles. The number of rotatable bonds is 7. The topological polar surface area (TPSA) is 46.2 Å². The second-order valence-corrected chi connectivity index (χ2v) is 7.59. The fraction of sp³-hybridized carbons (Fsp3) is 0.600. The summed E-state index contributed by atoms with van der Waals surface area (Å²) in [6.45, 7) is 2.42. The first-order valence-electron chi connectivity index (χ1n) is 5.18. The highest BCUT2D eigenvalue weighted by atomic mass is 79.9. The molecule has 6 heteroatoms. The predicted octanol–water partition coefficient (Wildman–Crippen LogP) is 2.90. The van der Waals surface area contributed by atoms with Gasteiger partial charge in [0.05, 0.1) is 0 Å². The third-order valence-electron chi connectivity index (χ3n) is 2.08. The molecular formula is C10H16BrNO2S2. The van der Waals surface area contributed by atoms with Gasteiger partial charge in [0.1, 0.15) is 4.21 Å². The highest BCUT2D eigenvalue weighted by Gasteiger charge is 2.14. The molecular weight excluding hydrogens is 310 g/mol. The molecule has 92 valence electrons. The largest absolute Gasteiger partial charge is 0.250 e. The van der Waals surface area contributed by atoms with Crippen molar-refractivity contribution >= 4 is 37.3 Å². The van der Waals surface area contributed by atoms with Crippen LogP contribution in [0.4, 0.5) is 0 Å². The van der Waals surface area contributed by atoms with Gasteiger partial charge in [-0.1, -0.05) is 22.4 Å². The molecule has 0 saturated heterocycles. The minimum Gasteiger partial charge on any atom is -0.210 e. The Morgan fingerprint density at radius 2 is 2.06 bits per heavy atom. The SMILES string of the molecule is Cc1ccc(S(=O)(=O)NCCCCCBr)s1. The Morgan fingerprint density at radius 1 is 1.31 bits per heavy atom. The Balaban J connectivity index is 2.41. The molecule has 0 amide bonds. The van der Waals surface area contributed by atoms with Gasteiger partial charge in [-0.05, 0) is 31.9 Å². The maximum Gasteiger partial charge on any atom is 0.250 e. The quantitative estimate of drug-likeness (QED) is 0.619. The molecule has 1 N–H and O–H groups in total. The highest BCUT2D eigenvalue weighted by molar-refractivity contribution is 9.09. The lowest BCUT2D eigenvalue weighted by Gasteiger charge is -2.03. The molecule has 0 aromatic carbocycles. The van der Waals surface area contributed by atoms with Crippen LogP contribution in [-0.2, 0) is 10.0 Å². The maximum atomic E-state index is 11.8. The third kappa shape index (κ3) is 4.53. The van der Waals surface area contributed by atoms with Crippen molar-refractivity contribution < 1.29 is 8.42 Å². The Kier molecular flexibility index (Phi) is 5.96. The van der Waals surface area contributed by atoms with E-state index >= 15 is 0 Å². The monoisotopic (exact) mass is 325 g/mol. The molecule has 0 spiro atoms. The minimum atomic E-state index is -3.27. The zero-order valence-corrected chi connectivity index (χ0v) is 12.4. The average Bonchev–Trinajstić information content (AvgIpc) is 2.65. The number of aryl methyl sites for hydroxylation is 1. The van der Waals surface area contributed by atoms with Crippen molar-refractivity contribution in [1.29, 1.82) is 0 Å². The van der Waals surface area contributed by atoms with Crippen molar-refractivity contribution in [2.45, 2.75) is 30.4 Å². The summed E-state index contributed by atoms with van der Waals surface area (Å²) in [5.41, 5.74) is 0. The maximum absolute atomic E-state index is 11.8. The zero-order chi connectivity index (χ0) is 12.0. The molecule has 0 aliphatic carbocycles. The molecule has 0 aliphatic heterocycles. The van der Waals surface area contributed by atoms with E-state index in [1.807, 2.05) is 13.0 Å². The van der Waals surface area contributed by atoms with E-state index < -0.39 is 10.0 Å². The summed E-state index contributed by atoms with van der Waals surface area (Å²) in [6, 6.07) is 3.48. The van der Waals surface area contributed by atoms with E-state index in [-0.39, 0.29) is 0 Å². The minimum absolute atomic E-state index is 0.408. The highest BCUT2D eigenvalue weighted by Crippen LogP contribution is 2.20. The summed E-state index contributed by atoms with van der Waals surface area (Å²) in [4.78, 5) is 1.01. The van der Waals surface area contributed by atoms with Gasteiger partial charge in [0, 0.05) is 16.8 Å². The number of halogens is 1. The summed E-state index contributed by atoms with van der Waals surface area (Å²) in [5, 5.41) is 0.976. The molecule has 0 fully saturated rings. The summed E-state index contributed by atoms with van der Waals surface area (Å²) in [6.07, 6.45) is 3.01. The molecule has 1 heterocycles. The molecule has 16 heavy (non-hydrogen) atoms. The van der Waals surface area contributed by atoms with Gasteiger partial charge < -0.3 is 0 Å². The summed E-state index contributed by atoms with van der Waals surface area (Å²) >= 11 is 4.65. The Labute approximate surface area is 109 Å². The lowest BCUT2D eigenvalue weighted by molar-refractivity contribution is 0.578. The number of sulfonamides is 1. The van der Waals surface area contributed by atoms with Gasteiger partial charge in [0.2, 0.25) is 10.0 Å². The van der Waals surface area contributed by atoms with Gasteiger partial charge in [-0.3, -0.25) is 0 Å². The lowest BCUT2D eigenvalue weighted by Crippen LogP contribution is -2.23. The summed E-state index contributed by atoms with van der Waals surface area (Å²) in [7, 11) is -3.27. The normalized spacial score (nSPS) is 11.9. The number of hydrogen-bond acceptors (Lipinski definition) is 3. The Bertz CT molecular complexity index is 414. The fourth-order valence-corrected chi connectivity index (χ4v) is 4.03. The number of hydrogen-bond donors (Lipinski definition) is 1. The van der Waals surface area contributed by atoms with Gasteiger partial charge in [0.25, 0.3) is 0 Å². The van der Waals surface area contributed by atoms with Crippen LogP contribution >= 0.6 is 27.3 Å².